The topological polar surface area (TPSA) is 55.1 Å². The molecule has 120 valence electrons. The predicted molar refractivity (Wildman–Crippen MR) is 93.0 cm³/mol. The monoisotopic (exact) mass is 310 g/mol. The normalized spacial score (nSPS) is 12.7. The average Bonchev–Trinajstić information content (AvgIpc) is 2.82. The number of aryl methyl sites for hydroxylation is 2. The highest BCUT2D eigenvalue weighted by Gasteiger charge is 2.22. The molecule has 4 nitrogen and oxygen atoms in total. The number of aliphatic hydroxyl groups excluding tert-OH is 1. The number of fused-ring (bicyclic) bond motifs is 1. The molecule has 1 heterocycles. The van der Waals surface area contributed by atoms with Crippen LogP contribution in [0.1, 0.15) is 30.6 Å². The number of hydrogen-bond donors (Lipinski definition) is 2. The lowest BCUT2D eigenvalue weighted by Crippen LogP contribution is -2.39. The third-order valence-corrected chi connectivity index (χ3v) is 4.28. The number of anilines is 1. The summed E-state index contributed by atoms with van der Waals surface area (Å²) in [4.78, 5) is 0. The van der Waals surface area contributed by atoms with Gasteiger partial charge in [-0.2, -0.15) is 0 Å². The van der Waals surface area contributed by atoms with Crippen molar-refractivity contribution in [3.05, 3.63) is 59.7 Å². The molecule has 0 aliphatic heterocycles. The molecule has 0 aliphatic carbocycles. The smallest absolute Gasteiger partial charge is 0.356 e. The van der Waals surface area contributed by atoms with Crippen molar-refractivity contribution in [2.75, 3.05) is 5.73 Å². The second-order valence-electron chi connectivity index (χ2n) is 6.04. The first-order chi connectivity index (χ1) is 11.1. The first-order valence-corrected chi connectivity index (χ1v) is 8.13. The van der Waals surface area contributed by atoms with Gasteiger partial charge in [0.25, 0.3) is 0 Å². The molecule has 3 aromatic rings. The van der Waals surface area contributed by atoms with E-state index in [4.69, 9.17) is 5.73 Å². The lowest BCUT2D eigenvalue weighted by atomic mass is 10.1. The Balaban J connectivity index is 1.99. The number of aliphatic hydroxyl groups is 1. The number of benzene rings is 2. The van der Waals surface area contributed by atoms with E-state index in [1.54, 1.807) is 0 Å². The van der Waals surface area contributed by atoms with E-state index >= 15 is 0 Å². The Morgan fingerprint density at radius 3 is 2.52 bits per heavy atom. The Bertz CT molecular complexity index is 805. The van der Waals surface area contributed by atoms with Gasteiger partial charge in [0.15, 0.2) is 0 Å². The van der Waals surface area contributed by atoms with Gasteiger partial charge in [-0.3, -0.25) is 5.73 Å². The quantitative estimate of drug-likeness (QED) is 0.712. The first kappa shape index (κ1) is 15.6. The van der Waals surface area contributed by atoms with Crippen LogP contribution in [0.3, 0.4) is 0 Å². The maximum absolute atomic E-state index is 10.6. The maximum Gasteiger partial charge on any atom is 0.356 e. The summed E-state index contributed by atoms with van der Waals surface area (Å²) in [5.41, 5.74) is 10.6. The molecular formula is C19H24N3O+. The molecule has 0 aliphatic rings. The van der Waals surface area contributed by atoms with Crippen LogP contribution >= 0.6 is 0 Å². The Hall–Kier alpha value is -2.33. The van der Waals surface area contributed by atoms with Gasteiger partial charge in [-0.15, -0.1) is 0 Å². The number of aromatic nitrogens is 2. The van der Waals surface area contributed by atoms with Gasteiger partial charge in [0.2, 0.25) is 0 Å². The predicted octanol–water partition coefficient (Wildman–Crippen LogP) is 2.96. The van der Waals surface area contributed by atoms with Gasteiger partial charge < -0.3 is 5.11 Å². The van der Waals surface area contributed by atoms with E-state index in [0.29, 0.717) is 12.5 Å². The zero-order chi connectivity index (χ0) is 16.4. The summed E-state index contributed by atoms with van der Waals surface area (Å²) >= 11 is 0. The number of imidazole rings is 1. The molecule has 0 saturated carbocycles. The zero-order valence-electron chi connectivity index (χ0n) is 13.7. The van der Waals surface area contributed by atoms with Gasteiger partial charge in [-0.1, -0.05) is 48.9 Å². The van der Waals surface area contributed by atoms with Crippen LogP contribution in [-0.2, 0) is 13.1 Å². The Kier molecular flexibility index (Phi) is 4.35. The van der Waals surface area contributed by atoms with Gasteiger partial charge >= 0.3 is 5.95 Å². The highest BCUT2D eigenvalue weighted by Crippen LogP contribution is 2.20. The maximum atomic E-state index is 10.6. The van der Waals surface area contributed by atoms with Crippen LogP contribution < -0.4 is 10.3 Å². The molecule has 1 aromatic heterocycles. The summed E-state index contributed by atoms with van der Waals surface area (Å²) in [6.07, 6.45) is 0.437. The van der Waals surface area contributed by atoms with Crippen LogP contribution in [0.25, 0.3) is 11.0 Å². The lowest BCUT2D eigenvalue weighted by Gasteiger charge is -2.11. The Morgan fingerprint density at radius 1 is 1.13 bits per heavy atom. The lowest BCUT2D eigenvalue weighted by molar-refractivity contribution is -0.666. The van der Waals surface area contributed by atoms with Crippen LogP contribution in [0.15, 0.2) is 48.5 Å². The summed E-state index contributed by atoms with van der Waals surface area (Å²) < 4.78 is 4.13. The fraction of sp³-hybridized carbons (Fsp3) is 0.316. The molecule has 0 amide bonds. The highest BCUT2D eigenvalue weighted by molar-refractivity contribution is 5.73. The molecule has 0 spiro atoms. The molecule has 4 heteroatoms. The standard InChI is InChI=1S/C19H23N3O/c1-3-12-21-16-6-4-5-7-17(16)22(19(21)20)13-18(23)15-10-8-14(2)9-11-15/h4-11,18,20,23H,3,12-13H2,1-2H3/p+1. The van der Waals surface area contributed by atoms with Crippen LogP contribution in [0.2, 0.25) is 0 Å². The summed E-state index contributed by atoms with van der Waals surface area (Å²) in [7, 11) is 0. The van der Waals surface area contributed by atoms with Crippen molar-refractivity contribution in [3.8, 4) is 0 Å². The second-order valence-corrected chi connectivity index (χ2v) is 6.04. The largest absolute Gasteiger partial charge is 0.385 e. The van der Waals surface area contributed by atoms with Crippen molar-refractivity contribution in [1.29, 1.82) is 0 Å². The summed E-state index contributed by atoms with van der Waals surface area (Å²) in [5, 5.41) is 10.6. The highest BCUT2D eigenvalue weighted by atomic mass is 16.3. The number of rotatable bonds is 5. The molecule has 0 bridgehead atoms. The van der Waals surface area contributed by atoms with Crippen molar-refractivity contribution in [2.24, 2.45) is 0 Å². The molecule has 0 fully saturated rings. The minimum Gasteiger partial charge on any atom is -0.385 e. The number of hydrogen-bond acceptors (Lipinski definition) is 2. The number of nitrogens with two attached hydrogens (primary N) is 1. The molecule has 23 heavy (non-hydrogen) atoms. The summed E-state index contributed by atoms with van der Waals surface area (Å²) in [6.45, 7) is 5.51. The number of nitrogen functional groups attached to an aromatic ring is 1. The fourth-order valence-corrected chi connectivity index (χ4v) is 3.03. The van der Waals surface area contributed by atoms with Crippen LogP contribution in [0, 0.1) is 6.92 Å². The van der Waals surface area contributed by atoms with E-state index in [0.717, 1.165) is 29.6 Å². The van der Waals surface area contributed by atoms with E-state index in [-0.39, 0.29) is 0 Å². The Morgan fingerprint density at radius 2 is 1.83 bits per heavy atom. The van der Waals surface area contributed by atoms with Crippen LogP contribution in [0.4, 0.5) is 5.95 Å². The third kappa shape index (κ3) is 2.94. The minimum absolute atomic E-state index is 0.451. The molecule has 2 aromatic carbocycles. The van der Waals surface area contributed by atoms with Crippen molar-refractivity contribution in [1.82, 2.24) is 4.57 Å². The minimum atomic E-state index is -0.580. The van der Waals surface area contributed by atoms with E-state index in [1.165, 1.54) is 5.56 Å². The second kappa shape index (κ2) is 6.42. The molecular weight excluding hydrogens is 286 g/mol. The van der Waals surface area contributed by atoms with Crippen LogP contribution in [0.5, 0.6) is 0 Å². The molecule has 0 saturated heterocycles. The van der Waals surface area contributed by atoms with E-state index in [1.807, 2.05) is 47.9 Å². The Labute approximate surface area is 136 Å². The summed E-state index contributed by atoms with van der Waals surface area (Å²) in [5.74, 6) is 0.694. The molecule has 3 N–H and O–H groups in total. The fourth-order valence-electron chi connectivity index (χ4n) is 3.03. The summed E-state index contributed by atoms with van der Waals surface area (Å²) in [6, 6.07) is 16.2. The van der Waals surface area contributed by atoms with Gasteiger partial charge in [0.05, 0.1) is 6.54 Å². The van der Waals surface area contributed by atoms with E-state index in [9.17, 15) is 5.11 Å². The number of nitrogens with zero attached hydrogens (tertiary/aromatic N) is 2. The molecule has 1 atom stereocenters. The van der Waals surface area contributed by atoms with Gasteiger partial charge in [0, 0.05) is 0 Å². The van der Waals surface area contributed by atoms with Crippen molar-refractivity contribution in [2.45, 2.75) is 39.5 Å². The molecule has 3 rings (SSSR count). The van der Waals surface area contributed by atoms with E-state index in [2.05, 4.69) is 23.6 Å². The SMILES string of the molecule is CCCn1c(N)[n+](CC(O)c2ccc(C)cc2)c2ccccc21. The first-order valence-electron chi connectivity index (χ1n) is 8.13. The zero-order valence-corrected chi connectivity index (χ0v) is 13.7. The van der Waals surface area contributed by atoms with Gasteiger partial charge in [0.1, 0.15) is 23.7 Å². The van der Waals surface area contributed by atoms with E-state index < -0.39 is 6.10 Å². The van der Waals surface area contributed by atoms with Gasteiger partial charge in [-0.05, 0) is 31.0 Å². The van der Waals surface area contributed by atoms with Gasteiger partial charge in [-0.25, -0.2) is 9.13 Å². The molecule has 0 radical (unpaired) electrons. The van der Waals surface area contributed by atoms with Crippen molar-refractivity contribution in [3.63, 3.8) is 0 Å². The van der Waals surface area contributed by atoms with Crippen molar-refractivity contribution < 1.29 is 9.67 Å². The van der Waals surface area contributed by atoms with Crippen LogP contribution in [-0.4, -0.2) is 9.67 Å². The molecule has 1 unspecified atom stereocenters. The number of para-hydroxylation sites is 2. The van der Waals surface area contributed by atoms with Crippen molar-refractivity contribution >= 4 is 17.0 Å². The third-order valence-electron chi connectivity index (χ3n) is 4.28. The average molecular weight is 310 g/mol.